The minimum atomic E-state index is 0.575. The van der Waals surface area contributed by atoms with E-state index in [0.717, 1.165) is 27.5 Å². The summed E-state index contributed by atoms with van der Waals surface area (Å²) in [5, 5.41) is 1.51. The van der Waals surface area contributed by atoms with Crippen molar-refractivity contribution in [3.63, 3.8) is 0 Å². The van der Waals surface area contributed by atoms with E-state index in [2.05, 4.69) is 28.1 Å². The summed E-state index contributed by atoms with van der Waals surface area (Å²) in [6, 6.07) is 15.9. The van der Waals surface area contributed by atoms with Crippen LogP contribution in [-0.2, 0) is 0 Å². The molecule has 1 aromatic carbocycles. The van der Waals surface area contributed by atoms with Crippen LogP contribution in [0.5, 0.6) is 0 Å². The molecule has 0 aliphatic rings. The summed E-state index contributed by atoms with van der Waals surface area (Å²) < 4.78 is 0. The molecule has 0 radical (unpaired) electrons. The van der Waals surface area contributed by atoms with Crippen LogP contribution < -0.4 is 10.6 Å². The van der Waals surface area contributed by atoms with Crippen LogP contribution in [0.4, 0.5) is 0 Å². The van der Waals surface area contributed by atoms with E-state index in [0.29, 0.717) is 5.82 Å². The summed E-state index contributed by atoms with van der Waals surface area (Å²) in [4.78, 5) is 13.5. The Morgan fingerprint density at radius 1 is 0.875 bits per heavy atom. The molecule has 24 heavy (non-hydrogen) atoms. The van der Waals surface area contributed by atoms with Crippen molar-refractivity contribution < 1.29 is 0 Å². The highest BCUT2D eigenvalue weighted by Gasteiger charge is 2.03. The lowest BCUT2D eigenvalue weighted by atomic mass is 10.2. The molecule has 116 valence electrons. The van der Waals surface area contributed by atoms with Crippen molar-refractivity contribution >= 4 is 24.8 Å². The van der Waals surface area contributed by atoms with E-state index < -0.39 is 0 Å². The number of benzene rings is 1. The molecule has 0 amide bonds. The maximum Gasteiger partial charge on any atom is 0.178 e. The van der Waals surface area contributed by atoms with Crippen molar-refractivity contribution in [1.29, 1.82) is 0 Å². The quantitative estimate of drug-likeness (QED) is 0.743. The zero-order chi connectivity index (χ0) is 16.8. The van der Waals surface area contributed by atoms with E-state index in [9.17, 15) is 0 Å². The van der Waals surface area contributed by atoms with E-state index in [1.54, 1.807) is 12.3 Å². The average molecular weight is 311 g/mol. The molecular weight excluding hydrogens is 294 g/mol. The van der Waals surface area contributed by atoms with Crippen LogP contribution in [0, 0.1) is 0 Å². The Morgan fingerprint density at radius 2 is 1.71 bits per heavy atom. The van der Waals surface area contributed by atoms with E-state index in [1.165, 1.54) is 0 Å². The van der Waals surface area contributed by atoms with Gasteiger partial charge in [-0.3, -0.25) is 0 Å². The highest BCUT2D eigenvalue weighted by atomic mass is 14.9. The van der Waals surface area contributed by atoms with Crippen LogP contribution in [-0.4, -0.2) is 15.0 Å². The Balaban J connectivity index is 1.95. The number of allylic oxidation sites excluding steroid dienone is 1. The van der Waals surface area contributed by atoms with Gasteiger partial charge in [0, 0.05) is 11.4 Å². The van der Waals surface area contributed by atoms with E-state index in [-0.39, 0.29) is 0 Å². The second-order valence-electron chi connectivity index (χ2n) is 5.20. The standard InChI is InChI=1S/C21H17N3/c1-3-8-19-16(2)15-22-21(24-19)20-12-7-11-18(23-20)14-13-17-9-5-4-6-10-17/h3-15H,1-2H2/b14-13+,19-8+. The van der Waals surface area contributed by atoms with E-state index in [1.807, 2.05) is 66.8 Å². The Kier molecular flexibility index (Phi) is 4.73. The minimum Gasteiger partial charge on any atom is -0.245 e. The average Bonchev–Trinajstić information content (AvgIpc) is 2.63. The summed E-state index contributed by atoms with van der Waals surface area (Å²) >= 11 is 0. The zero-order valence-electron chi connectivity index (χ0n) is 13.3. The van der Waals surface area contributed by atoms with Crippen molar-refractivity contribution in [2.45, 2.75) is 0 Å². The normalized spacial score (nSPS) is 11.8. The Morgan fingerprint density at radius 3 is 2.50 bits per heavy atom. The van der Waals surface area contributed by atoms with Crippen LogP contribution >= 0.6 is 0 Å². The van der Waals surface area contributed by atoms with Gasteiger partial charge in [-0.05, 0) is 29.8 Å². The van der Waals surface area contributed by atoms with Crippen LogP contribution in [0.3, 0.4) is 0 Å². The fourth-order valence-corrected chi connectivity index (χ4v) is 2.21. The maximum absolute atomic E-state index is 4.62. The fraction of sp³-hybridized carbons (Fsp3) is 0. The first-order chi connectivity index (χ1) is 11.8. The van der Waals surface area contributed by atoms with Crippen molar-refractivity contribution in [1.82, 2.24) is 15.0 Å². The Hall–Kier alpha value is -3.33. The molecule has 3 nitrogen and oxygen atoms in total. The summed E-state index contributed by atoms with van der Waals surface area (Å²) in [5.41, 5.74) is 2.71. The molecule has 3 aromatic rings. The molecule has 0 fully saturated rings. The maximum atomic E-state index is 4.62. The van der Waals surface area contributed by atoms with Gasteiger partial charge in [0.15, 0.2) is 5.82 Å². The lowest BCUT2D eigenvalue weighted by Crippen LogP contribution is -2.28. The topological polar surface area (TPSA) is 38.7 Å². The van der Waals surface area contributed by atoms with Crippen molar-refractivity contribution in [3.05, 3.63) is 89.2 Å². The van der Waals surface area contributed by atoms with Gasteiger partial charge in [0.25, 0.3) is 0 Å². The molecule has 0 atom stereocenters. The first-order valence-corrected chi connectivity index (χ1v) is 7.61. The molecule has 2 aromatic heterocycles. The van der Waals surface area contributed by atoms with Gasteiger partial charge in [-0.15, -0.1) is 0 Å². The van der Waals surface area contributed by atoms with Crippen LogP contribution in [0.25, 0.3) is 36.3 Å². The SMILES string of the molecule is C=C/C=c1/nc(-c2cccc(/C=C/c3ccccc3)n2)ncc1=C. The third kappa shape index (κ3) is 3.70. The molecule has 0 saturated carbocycles. The van der Waals surface area contributed by atoms with Crippen LogP contribution in [0.1, 0.15) is 11.3 Å². The predicted octanol–water partition coefficient (Wildman–Crippen LogP) is 3.09. The number of nitrogens with zero attached hydrogens (tertiary/aromatic N) is 3. The number of hydrogen-bond acceptors (Lipinski definition) is 3. The first kappa shape index (κ1) is 15.6. The van der Waals surface area contributed by atoms with Gasteiger partial charge in [0.1, 0.15) is 5.69 Å². The van der Waals surface area contributed by atoms with Crippen LogP contribution in [0.2, 0.25) is 0 Å². The molecule has 0 aliphatic carbocycles. The second kappa shape index (κ2) is 7.29. The van der Waals surface area contributed by atoms with Gasteiger partial charge in [0.05, 0.1) is 11.0 Å². The highest BCUT2D eigenvalue weighted by molar-refractivity contribution is 5.68. The predicted molar refractivity (Wildman–Crippen MR) is 100 cm³/mol. The molecule has 0 saturated heterocycles. The molecule has 0 bridgehead atoms. The summed E-state index contributed by atoms with van der Waals surface area (Å²) in [5.74, 6) is 0.575. The summed E-state index contributed by atoms with van der Waals surface area (Å²) in [7, 11) is 0. The largest absolute Gasteiger partial charge is 0.245 e. The first-order valence-electron chi connectivity index (χ1n) is 7.61. The van der Waals surface area contributed by atoms with Crippen molar-refractivity contribution in [2.24, 2.45) is 0 Å². The third-order valence-corrected chi connectivity index (χ3v) is 3.42. The molecule has 0 unspecified atom stereocenters. The van der Waals surface area contributed by atoms with Gasteiger partial charge in [-0.1, -0.05) is 61.7 Å². The van der Waals surface area contributed by atoms with Crippen molar-refractivity contribution in [3.8, 4) is 11.5 Å². The fourth-order valence-electron chi connectivity index (χ4n) is 2.21. The van der Waals surface area contributed by atoms with Gasteiger partial charge in [-0.2, -0.15) is 0 Å². The van der Waals surface area contributed by atoms with Gasteiger partial charge < -0.3 is 0 Å². The molecule has 3 heteroatoms. The molecule has 0 N–H and O–H groups in total. The van der Waals surface area contributed by atoms with Crippen molar-refractivity contribution in [2.75, 3.05) is 0 Å². The lowest BCUT2D eigenvalue weighted by molar-refractivity contribution is 1.09. The Labute approximate surface area is 141 Å². The number of pyridine rings is 1. The smallest absolute Gasteiger partial charge is 0.178 e. The van der Waals surface area contributed by atoms with E-state index >= 15 is 0 Å². The molecule has 3 rings (SSSR count). The van der Waals surface area contributed by atoms with Gasteiger partial charge >= 0.3 is 0 Å². The molecule has 2 heterocycles. The molecular formula is C21H17N3. The monoisotopic (exact) mass is 311 g/mol. The van der Waals surface area contributed by atoms with Gasteiger partial charge in [-0.25, -0.2) is 15.0 Å². The zero-order valence-corrected chi connectivity index (χ0v) is 13.3. The van der Waals surface area contributed by atoms with Gasteiger partial charge in [0.2, 0.25) is 0 Å². The minimum absolute atomic E-state index is 0.575. The number of hydrogen-bond donors (Lipinski definition) is 0. The number of rotatable bonds is 4. The Bertz CT molecular complexity index is 989. The lowest BCUT2D eigenvalue weighted by Gasteiger charge is -2.01. The second-order valence-corrected chi connectivity index (χ2v) is 5.20. The molecule has 0 spiro atoms. The molecule has 0 aliphatic heterocycles. The highest BCUT2D eigenvalue weighted by Crippen LogP contribution is 2.12. The summed E-state index contributed by atoms with van der Waals surface area (Å²) in [6.45, 7) is 7.62. The van der Waals surface area contributed by atoms with E-state index in [4.69, 9.17) is 0 Å². The van der Waals surface area contributed by atoms with Crippen LogP contribution in [0.15, 0.2) is 67.4 Å². The third-order valence-electron chi connectivity index (χ3n) is 3.42. The number of aromatic nitrogens is 3. The summed E-state index contributed by atoms with van der Waals surface area (Å²) in [6.07, 6.45) is 9.21.